The third kappa shape index (κ3) is 6.31. The van der Waals surface area contributed by atoms with Crippen LogP contribution in [-0.4, -0.2) is 50.6 Å². The highest BCUT2D eigenvalue weighted by Gasteiger charge is 2.35. The number of para-hydroxylation sites is 1. The van der Waals surface area contributed by atoms with Gasteiger partial charge in [0.15, 0.2) is 5.75 Å². The molecule has 0 aliphatic heterocycles. The summed E-state index contributed by atoms with van der Waals surface area (Å²) in [6.45, 7) is 0. The second-order valence-electron chi connectivity index (χ2n) is 8.47. The van der Waals surface area contributed by atoms with Gasteiger partial charge in [0.25, 0.3) is 5.95 Å². The number of benzene rings is 2. The predicted octanol–water partition coefficient (Wildman–Crippen LogP) is 5.35. The molecule has 13 heteroatoms. The molecule has 4 rings (SSSR count). The highest BCUT2D eigenvalue weighted by molar-refractivity contribution is 9.10. The van der Waals surface area contributed by atoms with Crippen LogP contribution in [0.2, 0.25) is 0 Å². The summed E-state index contributed by atoms with van der Waals surface area (Å²) in [5.74, 6) is 0.274. The molecule has 0 spiro atoms. The molecule has 1 fully saturated rings. The fraction of sp³-hybridized carbons (Fsp3) is 0.348. The second kappa shape index (κ2) is 10.3. The lowest BCUT2D eigenvalue weighted by molar-refractivity contribution is -0.275. The molecule has 0 atom stereocenters. The zero-order chi connectivity index (χ0) is 26.1. The van der Waals surface area contributed by atoms with E-state index in [0.29, 0.717) is 31.6 Å². The first-order chi connectivity index (χ1) is 16.9. The molecule has 8 nitrogen and oxygen atoms in total. The first-order valence-corrected chi connectivity index (χ1v) is 13.3. The Morgan fingerprint density at radius 1 is 1.11 bits per heavy atom. The Morgan fingerprint density at radius 2 is 1.81 bits per heavy atom. The van der Waals surface area contributed by atoms with Crippen LogP contribution in [0.25, 0.3) is 10.9 Å². The zero-order valence-electron chi connectivity index (χ0n) is 19.4. The van der Waals surface area contributed by atoms with Gasteiger partial charge in [-0.3, -0.25) is 0 Å². The van der Waals surface area contributed by atoms with Crippen LogP contribution in [0, 0.1) is 0 Å². The van der Waals surface area contributed by atoms with Gasteiger partial charge in [0, 0.05) is 35.7 Å². The molecule has 1 aliphatic rings. The summed E-state index contributed by atoms with van der Waals surface area (Å²) >= 11 is 3.04. The quantitative estimate of drug-likeness (QED) is 0.419. The fourth-order valence-electron chi connectivity index (χ4n) is 3.95. The van der Waals surface area contributed by atoms with Crippen molar-refractivity contribution in [2.75, 3.05) is 19.0 Å². The van der Waals surface area contributed by atoms with E-state index >= 15 is 0 Å². The minimum absolute atomic E-state index is 0.257. The van der Waals surface area contributed by atoms with E-state index in [-0.39, 0.29) is 4.47 Å². The molecule has 0 radical (unpaired) electrons. The van der Waals surface area contributed by atoms with Gasteiger partial charge in [0.1, 0.15) is 10.7 Å². The standard InChI is InChI=1S/C23H23BrF3N5O3S/c1-32(2)21-17-5-3-4-6-18(17)29-22(30-21)28-15-8-10-16(11-9-15)31-36(33,34)20-12-7-14(24)13-19(20)35-23(25,26)27/h3-7,12-13,16,31H,8-11H2,1-2H3. The number of fused-ring (bicyclic) bond motifs is 1. The number of nitrogens with zero attached hydrogens (tertiary/aromatic N) is 4. The maximum atomic E-state index is 12.9. The van der Waals surface area contributed by atoms with Gasteiger partial charge in [0.2, 0.25) is 10.0 Å². The average molecular weight is 586 g/mol. The highest BCUT2D eigenvalue weighted by atomic mass is 79.9. The molecular weight excluding hydrogens is 563 g/mol. The van der Waals surface area contributed by atoms with Crippen molar-refractivity contribution in [1.82, 2.24) is 14.7 Å². The second-order valence-corrected chi connectivity index (χ2v) is 11.1. The minimum atomic E-state index is -5.03. The Labute approximate surface area is 214 Å². The Bertz CT molecular complexity index is 1400. The van der Waals surface area contributed by atoms with Crippen molar-refractivity contribution in [3.63, 3.8) is 0 Å². The van der Waals surface area contributed by atoms with Gasteiger partial charge in [-0.25, -0.2) is 23.1 Å². The Morgan fingerprint density at radius 3 is 2.47 bits per heavy atom. The van der Waals surface area contributed by atoms with Crippen LogP contribution in [0.1, 0.15) is 25.7 Å². The number of nitrogens with one attached hydrogen (secondary N) is 1. The van der Waals surface area contributed by atoms with Crippen LogP contribution >= 0.6 is 15.9 Å². The molecule has 192 valence electrons. The molecule has 0 unspecified atom stereocenters. The number of aliphatic imine (C=N–C) groups is 1. The SMILES string of the molecule is CN(C)c1nc(N=C2CCC(NS(=O)(=O)c3ccc(Br)cc3OC(F)(F)F)CC2)nc2ccccc12. The fourth-order valence-corrected chi connectivity index (χ4v) is 5.71. The summed E-state index contributed by atoms with van der Waals surface area (Å²) in [4.78, 5) is 15.0. The van der Waals surface area contributed by atoms with Gasteiger partial charge < -0.3 is 9.64 Å². The summed E-state index contributed by atoms with van der Waals surface area (Å²) in [7, 11) is -0.484. The maximum Gasteiger partial charge on any atom is 0.573 e. The van der Waals surface area contributed by atoms with Crippen LogP contribution < -0.4 is 14.4 Å². The number of rotatable bonds is 6. The molecule has 0 bridgehead atoms. The van der Waals surface area contributed by atoms with Gasteiger partial charge in [-0.1, -0.05) is 28.1 Å². The summed E-state index contributed by atoms with van der Waals surface area (Å²) in [6, 6.07) is 10.6. The lowest BCUT2D eigenvalue weighted by Crippen LogP contribution is -2.38. The van der Waals surface area contributed by atoms with E-state index in [1.807, 2.05) is 43.3 Å². The van der Waals surface area contributed by atoms with E-state index in [1.165, 1.54) is 6.07 Å². The van der Waals surface area contributed by atoms with Crippen molar-refractivity contribution in [2.24, 2.45) is 4.99 Å². The van der Waals surface area contributed by atoms with E-state index in [0.717, 1.165) is 34.6 Å². The molecule has 3 aromatic rings. The van der Waals surface area contributed by atoms with Gasteiger partial charge in [-0.05, 0) is 56.0 Å². The van der Waals surface area contributed by atoms with E-state index in [2.05, 4.69) is 40.3 Å². The lowest BCUT2D eigenvalue weighted by Gasteiger charge is -2.24. The molecular formula is C23H23BrF3N5O3S. The first kappa shape index (κ1) is 26.3. The van der Waals surface area contributed by atoms with Crippen molar-refractivity contribution in [2.45, 2.75) is 43.0 Å². The summed E-state index contributed by atoms with van der Waals surface area (Å²) in [5, 5.41) is 0.909. The summed E-state index contributed by atoms with van der Waals surface area (Å²) in [6.07, 6.45) is -3.19. The van der Waals surface area contributed by atoms with Crippen LogP contribution in [0.15, 0.2) is 56.8 Å². The normalized spacial score (nSPS) is 16.7. The third-order valence-electron chi connectivity index (χ3n) is 5.56. The molecule has 1 N–H and O–H groups in total. The van der Waals surface area contributed by atoms with E-state index in [9.17, 15) is 21.6 Å². The maximum absolute atomic E-state index is 12.9. The monoisotopic (exact) mass is 585 g/mol. The number of sulfonamides is 1. The lowest BCUT2D eigenvalue weighted by atomic mass is 9.94. The van der Waals surface area contributed by atoms with E-state index < -0.39 is 33.1 Å². The smallest absolute Gasteiger partial charge is 0.404 e. The third-order valence-corrected chi connectivity index (χ3v) is 7.61. The Balaban J connectivity index is 1.48. The number of alkyl halides is 3. The molecule has 0 saturated heterocycles. The Kier molecular flexibility index (Phi) is 7.53. The highest BCUT2D eigenvalue weighted by Crippen LogP contribution is 2.33. The number of anilines is 1. The summed E-state index contributed by atoms with van der Waals surface area (Å²) in [5.41, 5.74) is 1.60. The first-order valence-electron chi connectivity index (χ1n) is 11.0. The largest absolute Gasteiger partial charge is 0.573 e. The van der Waals surface area contributed by atoms with E-state index in [4.69, 9.17) is 0 Å². The van der Waals surface area contributed by atoms with Crippen molar-refractivity contribution >= 4 is 54.3 Å². The average Bonchev–Trinajstić information content (AvgIpc) is 2.78. The molecule has 0 amide bonds. The van der Waals surface area contributed by atoms with Crippen LogP contribution in [-0.2, 0) is 10.0 Å². The zero-order valence-corrected chi connectivity index (χ0v) is 21.8. The van der Waals surface area contributed by atoms with Gasteiger partial charge in [-0.2, -0.15) is 4.98 Å². The van der Waals surface area contributed by atoms with Crippen molar-refractivity contribution < 1.29 is 26.3 Å². The van der Waals surface area contributed by atoms with E-state index in [1.54, 1.807) is 0 Å². The topological polar surface area (TPSA) is 96.8 Å². The molecule has 2 aromatic carbocycles. The minimum Gasteiger partial charge on any atom is -0.404 e. The molecule has 1 aliphatic carbocycles. The molecule has 36 heavy (non-hydrogen) atoms. The van der Waals surface area contributed by atoms with Crippen LogP contribution in [0.4, 0.5) is 24.9 Å². The number of aromatic nitrogens is 2. The molecule has 1 saturated carbocycles. The Hall–Kier alpha value is -2.77. The van der Waals surface area contributed by atoms with Gasteiger partial charge in [-0.15, -0.1) is 13.2 Å². The predicted molar refractivity (Wildman–Crippen MR) is 134 cm³/mol. The van der Waals surface area contributed by atoms with Crippen molar-refractivity contribution in [3.8, 4) is 5.75 Å². The summed E-state index contributed by atoms with van der Waals surface area (Å²) < 4.78 is 70.9. The molecule has 1 aromatic heterocycles. The van der Waals surface area contributed by atoms with Crippen LogP contribution in [0.3, 0.4) is 0 Å². The number of hydrogen-bond acceptors (Lipinski definition) is 7. The molecule has 1 heterocycles. The van der Waals surface area contributed by atoms with Crippen LogP contribution in [0.5, 0.6) is 5.75 Å². The number of hydrogen-bond donors (Lipinski definition) is 1. The van der Waals surface area contributed by atoms with Gasteiger partial charge >= 0.3 is 6.36 Å². The number of halogens is 4. The van der Waals surface area contributed by atoms with Gasteiger partial charge in [0.05, 0.1) is 5.52 Å². The van der Waals surface area contributed by atoms with Crippen molar-refractivity contribution in [1.29, 1.82) is 0 Å². The van der Waals surface area contributed by atoms with Crippen molar-refractivity contribution in [3.05, 3.63) is 46.9 Å². The number of ether oxygens (including phenoxy) is 1.